The minimum Gasteiger partial charge on any atom is -0.323 e. The van der Waals surface area contributed by atoms with Gasteiger partial charge in [-0.3, -0.25) is 14.5 Å². The first-order valence-electron chi connectivity index (χ1n) is 8.47. The number of nitrogens with one attached hydrogen (secondary N) is 2. The van der Waals surface area contributed by atoms with Gasteiger partial charge in [-0.25, -0.2) is 8.78 Å². The van der Waals surface area contributed by atoms with Crippen LogP contribution in [0.15, 0.2) is 36.4 Å². The normalized spacial score (nSPS) is 12.0. The molecule has 2 rings (SSSR count). The van der Waals surface area contributed by atoms with Gasteiger partial charge in [0.25, 0.3) is 0 Å². The molecule has 2 aromatic carbocycles. The fourth-order valence-electron chi connectivity index (χ4n) is 2.51. The van der Waals surface area contributed by atoms with Crippen LogP contribution in [0, 0.1) is 11.6 Å². The van der Waals surface area contributed by atoms with E-state index in [4.69, 9.17) is 23.2 Å². The number of anilines is 2. The summed E-state index contributed by atoms with van der Waals surface area (Å²) >= 11 is 12.0. The summed E-state index contributed by atoms with van der Waals surface area (Å²) in [5.41, 5.74) is -0.175. The molecule has 0 aromatic heterocycles. The summed E-state index contributed by atoms with van der Waals surface area (Å²) in [5.74, 6) is -2.81. The van der Waals surface area contributed by atoms with Crippen LogP contribution in [0.4, 0.5) is 20.2 Å². The van der Waals surface area contributed by atoms with Crippen molar-refractivity contribution in [3.63, 3.8) is 0 Å². The molecule has 5 nitrogen and oxygen atoms in total. The molecule has 0 aliphatic heterocycles. The predicted molar refractivity (Wildman–Crippen MR) is 107 cm³/mol. The first-order valence-corrected chi connectivity index (χ1v) is 9.23. The highest BCUT2D eigenvalue weighted by Gasteiger charge is 2.24. The van der Waals surface area contributed by atoms with Gasteiger partial charge < -0.3 is 10.6 Å². The Morgan fingerprint density at radius 1 is 1.07 bits per heavy atom. The lowest BCUT2D eigenvalue weighted by molar-refractivity contribution is -0.123. The maximum atomic E-state index is 13.7. The number of halogens is 4. The first-order chi connectivity index (χ1) is 13.2. The monoisotopic (exact) mass is 429 g/mol. The van der Waals surface area contributed by atoms with Crippen molar-refractivity contribution in [3.05, 3.63) is 58.1 Å². The maximum Gasteiger partial charge on any atom is 0.241 e. The maximum absolute atomic E-state index is 13.7. The predicted octanol–water partition coefficient (Wildman–Crippen LogP) is 4.56. The van der Waals surface area contributed by atoms with E-state index >= 15 is 0 Å². The number of amides is 2. The Hall–Kier alpha value is -2.22. The number of para-hydroxylation sites is 1. The molecular weight excluding hydrogens is 411 g/mol. The van der Waals surface area contributed by atoms with E-state index in [1.165, 1.54) is 6.07 Å². The van der Waals surface area contributed by atoms with Crippen LogP contribution < -0.4 is 10.6 Å². The summed E-state index contributed by atoms with van der Waals surface area (Å²) in [4.78, 5) is 26.3. The highest BCUT2D eigenvalue weighted by molar-refractivity contribution is 6.44. The third-order valence-electron chi connectivity index (χ3n) is 4.12. The highest BCUT2D eigenvalue weighted by Crippen LogP contribution is 2.29. The minimum absolute atomic E-state index is 0.209. The Bertz CT molecular complexity index is 860. The molecule has 9 heteroatoms. The topological polar surface area (TPSA) is 61.4 Å². The second-order valence-electron chi connectivity index (χ2n) is 5.97. The summed E-state index contributed by atoms with van der Waals surface area (Å²) in [7, 11) is 0. The lowest BCUT2D eigenvalue weighted by Crippen LogP contribution is -2.45. The van der Waals surface area contributed by atoms with E-state index in [-0.39, 0.29) is 11.6 Å². The van der Waals surface area contributed by atoms with Crippen molar-refractivity contribution in [2.24, 2.45) is 0 Å². The Morgan fingerprint density at radius 2 is 1.68 bits per heavy atom. The number of likely N-dealkylation sites (N-methyl/N-ethyl adjacent to an activating group) is 1. The van der Waals surface area contributed by atoms with Gasteiger partial charge in [0.15, 0.2) is 0 Å². The van der Waals surface area contributed by atoms with Crippen LogP contribution in [-0.2, 0) is 9.59 Å². The van der Waals surface area contributed by atoms with Gasteiger partial charge in [-0.1, -0.05) is 42.3 Å². The van der Waals surface area contributed by atoms with E-state index in [0.29, 0.717) is 17.3 Å². The van der Waals surface area contributed by atoms with Crippen LogP contribution in [-0.4, -0.2) is 35.8 Å². The number of hydrogen-bond donors (Lipinski definition) is 2. The number of nitrogens with zero attached hydrogens (tertiary/aromatic N) is 1. The standard InChI is InChI=1S/C19H19Cl2F2N3O2/c1-3-26(10-16(27)25-18-13(22)7-5-8-14(18)23)11(2)19(28)24-15-9-4-6-12(20)17(15)21/h4-9,11H,3,10H2,1-2H3,(H,24,28)(H,25,27). The van der Waals surface area contributed by atoms with Crippen molar-refractivity contribution in [1.82, 2.24) is 4.90 Å². The zero-order valence-electron chi connectivity index (χ0n) is 15.2. The molecule has 28 heavy (non-hydrogen) atoms. The molecule has 1 unspecified atom stereocenters. The molecule has 2 N–H and O–H groups in total. The number of rotatable bonds is 7. The van der Waals surface area contributed by atoms with Gasteiger partial charge in [0.2, 0.25) is 11.8 Å². The average molecular weight is 430 g/mol. The molecule has 1 atom stereocenters. The van der Waals surface area contributed by atoms with Gasteiger partial charge >= 0.3 is 0 Å². The zero-order valence-corrected chi connectivity index (χ0v) is 16.7. The Balaban J connectivity index is 2.04. The smallest absolute Gasteiger partial charge is 0.241 e. The van der Waals surface area contributed by atoms with Crippen LogP contribution in [0.5, 0.6) is 0 Å². The van der Waals surface area contributed by atoms with E-state index < -0.39 is 35.2 Å². The number of benzene rings is 2. The lowest BCUT2D eigenvalue weighted by atomic mass is 10.2. The van der Waals surface area contributed by atoms with Crippen molar-refractivity contribution in [2.45, 2.75) is 19.9 Å². The molecule has 0 saturated carbocycles. The molecule has 0 radical (unpaired) electrons. The molecule has 0 aliphatic carbocycles. The molecule has 0 bridgehead atoms. The number of hydrogen-bond acceptors (Lipinski definition) is 3. The van der Waals surface area contributed by atoms with Crippen molar-refractivity contribution >= 4 is 46.4 Å². The second kappa shape index (κ2) is 9.82. The summed E-state index contributed by atoms with van der Waals surface area (Å²) in [6.07, 6.45) is 0. The van der Waals surface area contributed by atoms with Crippen molar-refractivity contribution < 1.29 is 18.4 Å². The molecule has 2 amide bonds. The molecule has 0 saturated heterocycles. The Kier molecular flexibility index (Phi) is 7.74. The second-order valence-corrected chi connectivity index (χ2v) is 6.76. The van der Waals surface area contributed by atoms with Gasteiger partial charge in [-0.2, -0.15) is 0 Å². The summed E-state index contributed by atoms with van der Waals surface area (Å²) in [6, 6.07) is 7.41. The third-order valence-corrected chi connectivity index (χ3v) is 4.94. The zero-order chi connectivity index (χ0) is 20.8. The van der Waals surface area contributed by atoms with Gasteiger partial charge in [-0.05, 0) is 37.7 Å². The molecular formula is C19H19Cl2F2N3O2. The fourth-order valence-corrected chi connectivity index (χ4v) is 2.85. The van der Waals surface area contributed by atoms with Gasteiger partial charge in [0.05, 0.1) is 28.3 Å². The van der Waals surface area contributed by atoms with Crippen molar-refractivity contribution in [3.8, 4) is 0 Å². The third kappa shape index (κ3) is 5.41. The van der Waals surface area contributed by atoms with E-state index in [1.807, 2.05) is 0 Å². The average Bonchev–Trinajstić information content (AvgIpc) is 2.66. The van der Waals surface area contributed by atoms with Crippen LogP contribution in [0.2, 0.25) is 10.0 Å². The molecule has 0 heterocycles. The Labute approximate surface area is 171 Å². The van der Waals surface area contributed by atoms with Gasteiger partial charge in [0, 0.05) is 0 Å². The summed E-state index contributed by atoms with van der Waals surface area (Å²) in [6.45, 7) is 3.48. The molecule has 2 aromatic rings. The van der Waals surface area contributed by atoms with E-state index in [1.54, 1.807) is 36.9 Å². The molecule has 0 spiro atoms. The van der Waals surface area contributed by atoms with E-state index in [0.717, 1.165) is 12.1 Å². The van der Waals surface area contributed by atoms with Crippen LogP contribution >= 0.6 is 23.2 Å². The van der Waals surface area contributed by atoms with E-state index in [9.17, 15) is 18.4 Å². The van der Waals surface area contributed by atoms with Gasteiger partial charge in [0.1, 0.15) is 17.3 Å². The SMILES string of the molecule is CCN(CC(=O)Nc1c(F)cccc1F)C(C)C(=O)Nc1cccc(Cl)c1Cl. The number of carbonyl (C=O) groups excluding carboxylic acids is 2. The van der Waals surface area contributed by atoms with Gasteiger partial charge in [-0.15, -0.1) is 0 Å². The fraction of sp³-hybridized carbons (Fsp3) is 0.263. The Morgan fingerprint density at radius 3 is 2.29 bits per heavy atom. The van der Waals surface area contributed by atoms with E-state index in [2.05, 4.69) is 10.6 Å². The molecule has 150 valence electrons. The first kappa shape index (κ1) is 22.1. The quantitative estimate of drug-likeness (QED) is 0.677. The molecule has 0 fully saturated rings. The lowest BCUT2D eigenvalue weighted by Gasteiger charge is -2.26. The van der Waals surface area contributed by atoms with Crippen molar-refractivity contribution in [1.29, 1.82) is 0 Å². The summed E-state index contributed by atoms with van der Waals surface area (Å²) in [5, 5.41) is 5.37. The van der Waals surface area contributed by atoms with Crippen LogP contribution in [0.1, 0.15) is 13.8 Å². The highest BCUT2D eigenvalue weighted by atomic mass is 35.5. The van der Waals surface area contributed by atoms with Crippen LogP contribution in [0.3, 0.4) is 0 Å². The van der Waals surface area contributed by atoms with Crippen molar-refractivity contribution in [2.75, 3.05) is 23.7 Å². The van der Waals surface area contributed by atoms with Crippen LogP contribution in [0.25, 0.3) is 0 Å². The molecule has 0 aliphatic rings. The minimum atomic E-state index is -0.877. The summed E-state index contributed by atoms with van der Waals surface area (Å²) < 4.78 is 27.3. The number of carbonyl (C=O) groups is 2. The largest absolute Gasteiger partial charge is 0.323 e.